The molecule has 0 spiro atoms. The van der Waals surface area contributed by atoms with Gasteiger partial charge in [0.2, 0.25) is 0 Å². The molecule has 3 heterocycles. The number of carbonyl (C=O) groups excluding carboxylic acids is 1. The highest BCUT2D eigenvalue weighted by atomic mass is 16.1. The van der Waals surface area contributed by atoms with E-state index in [0.717, 1.165) is 42.8 Å². The number of amides is 1. The van der Waals surface area contributed by atoms with Crippen molar-refractivity contribution in [2.24, 2.45) is 13.0 Å². The maximum Gasteiger partial charge on any atom is 0.252 e. The molecule has 1 N–H and O–H groups in total. The van der Waals surface area contributed by atoms with Gasteiger partial charge in [-0.3, -0.25) is 14.4 Å². The second kappa shape index (κ2) is 7.48. The third kappa shape index (κ3) is 3.85. The van der Waals surface area contributed by atoms with Crippen LogP contribution in [0.1, 0.15) is 28.0 Å². The molecule has 1 atom stereocenters. The average Bonchev–Trinajstić information content (AvgIpc) is 3.27. The lowest BCUT2D eigenvalue weighted by molar-refractivity contribution is 0.0948. The van der Waals surface area contributed by atoms with Gasteiger partial charge in [-0.25, -0.2) is 4.98 Å². The first-order valence-corrected chi connectivity index (χ1v) is 9.44. The maximum absolute atomic E-state index is 12.8. The molecular formula is C21H25N5O. The summed E-state index contributed by atoms with van der Waals surface area (Å²) in [6, 6.07) is 12.4. The van der Waals surface area contributed by atoms with Gasteiger partial charge in [0.25, 0.3) is 5.91 Å². The first-order valence-electron chi connectivity index (χ1n) is 9.44. The SMILES string of the molecule is Cc1cc(C(=O)NC[C@@H]2CCN(Cc3ccccc3)C2)c2cnn(C)c2n1. The van der Waals surface area contributed by atoms with Gasteiger partial charge in [0.05, 0.1) is 17.1 Å². The molecule has 0 aliphatic carbocycles. The van der Waals surface area contributed by atoms with Crippen LogP contribution in [0, 0.1) is 12.8 Å². The van der Waals surface area contributed by atoms with E-state index in [4.69, 9.17) is 0 Å². The number of likely N-dealkylation sites (tertiary alicyclic amines) is 1. The summed E-state index contributed by atoms with van der Waals surface area (Å²) in [5.41, 5.74) is 3.57. The fraction of sp³-hybridized carbons (Fsp3) is 0.381. The largest absolute Gasteiger partial charge is 0.352 e. The molecule has 1 aromatic carbocycles. The molecule has 0 saturated carbocycles. The number of aryl methyl sites for hydroxylation is 2. The normalized spacial score (nSPS) is 17.5. The van der Waals surface area contributed by atoms with Crippen molar-refractivity contribution in [3.8, 4) is 0 Å². The van der Waals surface area contributed by atoms with E-state index in [1.54, 1.807) is 10.9 Å². The molecule has 1 saturated heterocycles. The molecule has 27 heavy (non-hydrogen) atoms. The van der Waals surface area contributed by atoms with E-state index in [2.05, 4.69) is 44.6 Å². The highest BCUT2D eigenvalue weighted by Crippen LogP contribution is 2.20. The van der Waals surface area contributed by atoms with Crippen LogP contribution in [0.3, 0.4) is 0 Å². The quantitative estimate of drug-likeness (QED) is 0.757. The monoisotopic (exact) mass is 363 g/mol. The molecule has 0 radical (unpaired) electrons. The minimum Gasteiger partial charge on any atom is -0.352 e. The van der Waals surface area contributed by atoms with E-state index in [1.165, 1.54) is 5.56 Å². The molecule has 0 bridgehead atoms. The third-order valence-corrected chi connectivity index (χ3v) is 5.25. The Balaban J connectivity index is 1.36. The van der Waals surface area contributed by atoms with Gasteiger partial charge in [-0.1, -0.05) is 30.3 Å². The van der Waals surface area contributed by atoms with Gasteiger partial charge in [-0.05, 0) is 37.4 Å². The highest BCUT2D eigenvalue weighted by molar-refractivity contribution is 6.05. The van der Waals surface area contributed by atoms with Crippen LogP contribution in [-0.4, -0.2) is 45.2 Å². The molecule has 2 aromatic heterocycles. The number of carbonyl (C=O) groups is 1. The van der Waals surface area contributed by atoms with Gasteiger partial charge in [-0.2, -0.15) is 5.10 Å². The number of pyridine rings is 1. The van der Waals surface area contributed by atoms with Crippen molar-refractivity contribution in [1.29, 1.82) is 0 Å². The summed E-state index contributed by atoms with van der Waals surface area (Å²) in [7, 11) is 1.84. The van der Waals surface area contributed by atoms with Crippen LogP contribution in [0.5, 0.6) is 0 Å². The Morgan fingerprint density at radius 1 is 1.30 bits per heavy atom. The fourth-order valence-corrected chi connectivity index (χ4v) is 3.82. The Kier molecular flexibility index (Phi) is 4.90. The fourth-order valence-electron chi connectivity index (χ4n) is 3.82. The number of benzene rings is 1. The summed E-state index contributed by atoms with van der Waals surface area (Å²) in [6.07, 6.45) is 2.83. The van der Waals surface area contributed by atoms with E-state index >= 15 is 0 Å². The molecule has 1 amide bonds. The van der Waals surface area contributed by atoms with Gasteiger partial charge in [0.15, 0.2) is 5.65 Å². The summed E-state index contributed by atoms with van der Waals surface area (Å²) >= 11 is 0. The van der Waals surface area contributed by atoms with Gasteiger partial charge in [-0.15, -0.1) is 0 Å². The Bertz CT molecular complexity index is 950. The van der Waals surface area contributed by atoms with E-state index in [0.29, 0.717) is 18.0 Å². The van der Waals surface area contributed by atoms with Gasteiger partial charge in [0.1, 0.15) is 0 Å². The van der Waals surface area contributed by atoms with Crippen molar-refractivity contribution in [3.63, 3.8) is 0 Å². The van der Waals surface area contributed by atoms with Gasteiger partial charge in [0, 0.05) is 32.4 Å². The van der Waals surface area contributed by atoms with Crippen molar-refractivity contribution in [2.75, 3.05) is 19.6 Å². The predicted octanol–water partition coefficient (Wildman–Crippen LogP) is 2.53. The van der Waals surface area contributed by atoms with Crippen LogP contribution in [0.25, 0.3) is 11.0 Å². The molecule has 6 nitrogen and oxygen atoms in total. The van der Waals surface area contributed by atoms with E-state index < -0.39 is 0 Å². The van der Waals surface area contributed by atoms with Crippen molar-refractivity contribution in [3.05, 3.63) is 59.4 Å². The van der Waals surface area contributed by atoms with E-state index in [-0.39, 0.29) is 5.91 Å². The summed E-state index contributed by atoms with van der Waals surface area (Å²) < 4.78 is 1.71. The number of hydrogen-bond acceptors (Lipinski definition) is 4. The predicted molar refractivity (Wildman–Crippen MR) is 105 cm³/mol. The summed E-state index contributed by atoms with van der Waals surface area (Å²) in [4.78, 5) is 19.7. The lowest BCUT2D eigenvalue weighted by atomic mass is 10.1. The van der Waals surface area contributed by atoms with E-state index in [9.17, 15) is 4.79 Å². The summed E-state index contributed by atoms with van der Waals surface area (Å²) in [6.45, 7) is 5.68. The van der Waals surface area contributed by atoms with Crippen molar-refractivity contribution < 1.29 is 4.79 Å². The molecule has 3 aromatic rings. The molecular weight excluding hydrogens is 338 g/mol. The van der Waals surface area contributed by atoms with Crippen molar-refractivity contribution >= 4 is 16.9 Å². The zero-order valence-corrected chi connectivity index (χ0v) is 15.9. The molecule has 140 valence electrons. The number of nitrogens with zero attached hydrogens (tertiary/aromatic N) is 4. The Labute approximate surface area is 159 Å². The smallest absolute Gasteiger partial charge is 0.252 e. The number of hydrogen-bond donors (Lipinski definition) is 1. The zero-order chi connectivity index (χ0) is 18.8. The maximum atomic E-state index is 12.8. The number of fused-ring (bicyclic) bond motifs is 1. The molecule has 6 heteroatoms. The Morgan fingerprint density at radius 3 is 2.93 bits per heavy atom. The standard InChI is InChI=1S/C21H25N5O/c1-15-10-18(19-12-23-25(2)20(19)24-15)21(27)22-11-17-8-9-26(14-17)13-16-6-4-3-5-7-16/h3-7,10,12,17H,8-9,11,13-14H2,1-2H3,(H,22,27)/t17-/m0/s1. The van der Waals surface area contributed by atoms with E-state index in [1.807, 2.05) is 26.1 Å². The van der Waals surface area contributed by atoms with Crippen LogP contribution in [-0.2, 0) is 13.6 Å². The van der Waals surface area contributed by atoms with Crippen LogP contribution < -0.4 is 5.32 Å². The minimum absolute atomic E-state index is 0.0417. The van der Waals surface area contributed by atoms with Crippen LogP contribution in [0.15, 0.2) is 42.6 Å². The second-order valence-electron chi connectivity index (χ2n) is 7.40. The lowest BCUT2D eigenvalue weighted by Gasteiger charge is -2.16. The van der Waals surface area contributed by atoms with Crippen molar-refractivity contribution in [2.45, 2.75) is 19.9 Å². The number of rotatable bonds is 5. The van der Waals surface area contributed by atoms with Crippen LogP contribution >= 0.6 is 0 Å². The highest BCUT2D eigenvalue weighted by Gasteiger charge is 2.23. The molecule has 0 unspecified atom stereocenters. The number of aromatic nitrogens is 3. The average molecular weight is 363 g/mol. The molecule has 1 fully saturated rings. The molecule has 1 aliphatic rings. The summed E-state index contributed by atoms with van der Waals surface area (Å²) in [5.74, 6) is 0.449. The number of nitrogens with one attached hydrogen (secondary N) is 1. The first-order chi connectivity index (χ1) is 13.1. The lowest BCUT2D eigenvalue weighted by Crippen LogP contribution is -2.31. The Morgan fingerprint density at radius 2 is 2.11 bits per heavy atom. The Hall–Kier alpha value is -2.73. The second-order valence-corrected chi connectivity index (χ2v) is 7.40. The summed E-state index contributed by atoms with van der Waals surface area (Å²) in [5, 5.41) is 8.16. The molecule has 1 aliphatic heterocycles. The van der Waals surface area contributed by atoms with Gasteiger partial charge >= 0.3 is 0 Å². The zero-order valence-electron chi connectivity index (χ0n) is 15.9. The van der Waals surface area contributed by atoms with Gasteiger partial charge < -0.3 is 5.32 Å². The van der Waals surface area contributed by atoms with Crippen LogP contribution in [0.2, 0.25) is 0 Å². The third-order valence-electron chi connectivity index (χ3n) is 5.25. The minimum atomic E-state index is -0.0417. The molecule has 4 rings (SSSR count). The van der Waals surface area contributed by atoms with Crippen LogP contribution in [0.4, 0.5) is 0 Å². The van der Waals surface area contributed by atoms with Crippen molar-refractivity contribution in [1.82, 2.24) is 25.0 Å². The first kappa shape index (κ1) is 17.7. The topological polar surface area (TPSA) is 63.1 Å².